The monoisotopic (exact) mass is 455 g/mol. The highest BCUT2D eigenvalue weighted by Crippen LogP contribution is 2.37. The number of nitro groups is 1. The second kappa shape index (κ2) is 8.54. The van der Waals surface area contributed by atoms with Gasteiger partial charge in [-0.05, 0) is 25.0 Å². The van der Waals surface area contributed by atoms with Crippen LogP contribution in [0.5, 0.6) is 0 Å². The maximum atomic E-state index is 10.9. The minimum absolute atomic E-state index is 0.0665. The highest BCUT2D eigenvalue weighted by Gasteiger charge is 2.42. The molecule has 1 saturated carbocycles. The molecule has 1 unspecified atom stereocenters. The second-order valence-corrected chi connectivity index (χ2v) is 8.62. The van der Waals surface area contributed by atoms with Crippen molar-refractivity contribution in [3.05, 3.63) is 47.0 Å². The second-order valence-electron chi connectivity index (χ2n) is 8.62. The third kappa shape index (κ3) is 3.86. The number of nitrogens with one attached hydrogen (secondary N) is 1. The molecule has 4 N–H and O–H groups in total. The van der Waals surface area contributed by atoms with Gasteiger partial charge in [-0.3, -0.25) is 10.1 Å². The van der Waals surface area contributed by atoms with Crippen LogP contribution >= 0.6 is 0 Å². The lowest BCUT2D eigenvalue weighted by Crippen LogP contribution is -2.30. The quantitative estimate of drug-likeness (QED) is 0.307. The highest BCUT2D eigenvalue weighted by atomic mass is 16.6. The first-order chi connectivity index (χ1) is 16.0. The molecule has 2 aromatic heterocycles. The van der Waals surface area contributed by atoms with Gasteiger partial charge in [0.1, 0.15) is 17.9 Å². The summed E-state index contributed by atoms with van der Waals surface area (Å²) in [6.07, 6.45) is 2.28. The molecule has 1 aliphatic carbocycles. The average Bonchev–Trinajstić information content (AvgIpc) is 3.53. The van der Waals surface area contributed by atoms with Crippen molar-refractivity contribution in [3.63, 3.8) is 0 Å². The molecule has 12 nitrogen and oxygen atoms in total. The maximum Gasteiger partial charge on any atom is 0.269 e. The molecule has 0 amide bonds. The highest BCUT2D eigenvalue weighted by molar-refractivity contribution is 5.83. The third-order valence-corrected chi connectivity index (χ3v) is 6.68. The first-order valence-corrected chi connectivity index (χ1v) is 10.9. The standard InChI is InChI=1S/C21H25N7O5/c29-9-12-7-16(19(31)18(12)30)27-11-24-17-20(22-10-23-21(17)27)25-13-5-6-26(8-13)14-1-3-15(4-2-14)28(32)33/h1-4,10-13,16,18-19,29-31H,5-9H2,(H,22,23,25)/t12-,13?,16+,18+,19-/m0/s1. The van der Waals surface area contributed by atoms with E-state index in [9.17, 15) is 25.4 Å². The minimum atomic E-state index is -1.02. The molecule has 1 aliphatic heterocycles. The Balaban J connectivity index is 1.32. The molecule has 1 aromatic carbocycles. The number of aliphatic hydroxyl groups is 3. The number of fused-ring (bicyclic) bond motifs is 1. The zero-order valence-electron chi connectivity index (χ0n) is 17.7. The molecule has 3 aromatic rings. The summed E-state index contributed by atoms with van der Waals surface area (Å²) in [7, 11) is 0. The van der Waals surface area contributed by atoms with Crippen LogP contribution in [-0.4, -0.2) is 77.7 Å². The normalized spacial score (nSPS) is 27.4. The van der Waals surface area contributed by atoms with E-state index in [2.05, 4.69) is 25.2 Å². The van der Waals surface area contributed by atoms with Crippen LogP contribution in [0.3, 0.4) is 0 Å². The molecule has 174 valence electrons. The number of nitro benzene ring substituents is 1. The van der Waals surface area contributed by atoms with Crippen LogP contribution in [0.2, 0.25) is 0 Å². The molecule has 5 atom stereocenters. The van der Waals surface area contributed by atoms with E-state index in [1.54, 1.807) is 23.0 Å². The summed E-state index contributed by atoms with van der Waals surface area (Å²) in [5, 5.41) is 44.4. The van der Waals surface area contributed by atoms with Crippen LogP contribution < -0.4 is 10.2 Å². The number of benzene rings is 1. The minimum Gasteiger partial charge on any atom is -0.396 e. The van der Waals surface area contributed by atoms with Gasteiger partial charge in [0.25, 0.3) is 5.69 Å². The van der Waals surface area contributed by atoms with Crippen LogP contribution in [0.4, 0.5) is 17.2 Å². The van der Waals surface area contributed by atoms with Gasteiger partial charge in [-0.15, -0.1) is 0 Å². The third-order valence-electron chi connectivity index (χ3n) is 6.68. The maximum absolute atomic E-state index is 10.9. The van der Waals surface area contributed by atoms with Gasteiger partial charge in [0.05, 0.1) is 23.4 Å². The molecule has 5 rings (SSSR count). The largest absolute Gasteiger partial charge is 0.396 e. The molecule has 2 aliphatic rings. The summed E-state index contributed by atoms with van der Waals surface area (Å²) in [5.41, 5.74) is 2.11. The summed E-state index contributed by atoms with van der Waals surface area (Å²) in [5.74, 6) is 0.187. The zero-order valence-corrected chi connectivity index (χ0v) is 17.7. The molecule has 2 fully saturated rings. The van der Waals surface area contributed by atoms with Gasteiger partial charge in [0, 0.05) is 49.5 Å². The van der Waals surface area contributed by atoms with Crippen molar-refractivity contribution in [2.75, 3.05) is 29.9 Å². The van der Waals surface area contributed by atoms with Crippen LogP contribution in [0.25, 0.3) is 11.2 Å². The fourth-order valence-electron chi connectivity index (χ4n) is 4.85. The molecule has 0 radical (unpaired) electrons. The lowest BCUT2D eigenvalue weighted by molar-refractivity contribution is -0.384. The molecule has 33 heavy (non-hydrogen) atoms. The van der Waals surface area contributed by atoms with Gasteiger partial charge in [-0.2, -0.15) is 0 Å². The van der Waals surface area contributed by atoms with Gasteiger partial charge in [0.2, 0.25) is 0 Å². The number of aliphatic hydroxyl groups excluding tert-OH is 3. The number of hydrogen-bond donors (Lipinski definition) is 4. The van der Waals surface area contributed by atoms with Crippen LogP contribution in [0.1, 0.15) is 18.9 Å². The van der Waals surface area contributed by atoms with E-state index < -0.39 is 29.1 Å². The number of non-ortho nitro benzene ring substituents is 1. The Morgan fingerprint density at radius 1 is 1.15 bits per heavy atom. The predicted molar refractivity (Wildman–Crippen MR) is 119 cm³/mol. The summed E-state index contributed by atoms with van der Waals surface area (Å²) >= 11 is 0. The van der Waals surface area contributed by atoms with Gasteiger partial charge in [0.15, 0.2) is 11.5 Å². The summed E-state index contributed by atoms with van der Waals surface area (Å²) in [6.45, 7) is 1.30. The Labute approximate surface area is 188 Å². The van der Waals surface area contributed by atoms with E-state index in [4.69, 9.17) is 0 Å². The lowest BCUT2D eigenvalue weighted by Gasteiger charge is -2.19. The van der Waals surface area contributed by atoms with E-state index in [0.29, 0.717) is 29.9 Å². The van der Waals surface area contributed by atoms with Gasteiger partial charge in [-0.1, -0.05) is 0 Å². The molecule has 1 saturated heterocycles. The summed E-state index contributed by atoms with van der Waals surface area (Å²) in [6, 6.07) is 6.19. The van der Waals surface area contributed by atoms with Crippen molar-refractivity contribution < 1.29 is 20.2 Å². The molecular formula is C21H25N7O5. The van der Waals surface area contributed by atoms with E-state index >= 15 is 0 Å². The van der Waals surface area contributed by atoms with Crippen molar-refractivity contribution in [3.8, 4) is 0 Å². The first-order valence-electron chi connectivity index (χ1n) is 10.9. The van der Waals surface area contributed by atoms with Crippen molar-refractivity contribution in [1.29, 1.82) is 0 Å². The smallest absolute Gasteiger partial charge is 0.269 e. The van der Waals surface area contributed by atoms with Crippen LogP contribution in [0, 0.1) is 16.0 Å². The zero-order chi connectivity index (χ0) is 23.1. The summed E-state index contributed by atoms with van der Waals surface area (Å²) < 4.78 is 1.74. The van der Waals surface area contributed by atoms with Crippen molar-refractivity contribution in [2.24, 2.45) is 5.92 Å². The van der Waals surface area contributed by atoms with E-state index in [1.807, 2.05) is 0 Å². The van der Waals surface area contributed by atoms with Crippen molar-refractivity contribution >= 4 is 28.4 Å². The molecular weight excluding hydrogens is 430 g/mol. The van der Waals surface area contributed by atoms with Crippen LogP contribution in [-0.2, 0) is 0 Å². The number of nitrogens with zero attached hydrogens (tertiary/aromatic N) is 6. The Morgan fingerprint density at radius 2 is 1.94 bits per heavy atom. The fourth-order valence-corrected chi connectivity index (χ4v) is 4.85. The molecule has 3 heterocycles. The van der Waals surface area contributed by atoms with Crippen molar-refractivity contribution in [1.82, 2.24) is 19.5 Å². The SMILES string of the molecule is O=[N+]([O-])c1ccc(N2CCC(Nc3ncnc4c3ncn4[C@@H]3C[C@@H](CO)[C@@H](O)[C@H]3O)C2)cc1. The Bertz CT molecular complexity index is 1150. The molecule has 0 bridgehead atoms. The Morgan fingerprint density at radius 3 is 2.64 bits per heavy atom. The fraction of sp³-hybridized carbons (Fsp3) is 0.476. The van der Waals surface area contributed by atoms with Crippen molar-refractivity contribution in [2.45, 2.75) is 37.1 Å². The summed E-state index contributed by atoms with van der Waals surface area (Å²) in [4.78, 5) is 25.8. The van der Waals surface area contributed by atoms with Gasteiger partial charge in [-0.25, -0.2) is 15.0 Å². The predicted octanol–water partition coefficient (Wildman–Crippen LogP) is 0.700. The molecule has 12 heteroatoms. The number of hydrogen-bond acceptors (Lipinski definition) is 10. The van der Waals surface area contributed by atoms with E-state index in [0.717, 1.165) is 18.7 Å². The van der Waals surface area contributed by atoms with Crippen LogP contribution in [0.15, 0.2) is 36.9 Å². The first kappa shape index (κ1) is 21.5. The van der Waals surface area contributed by atoms with Gasteiger partial charge >= 0.3 is 0 Å². The van der Waals surface area contributed by atoms with Gasteiger partial charge < -0.3 is 30.1 Å². The van der Waals surface area contributed by atoms with E-state index in [-0.39, 0.29) is 18.3 Å². The molecule has 0 spiro atoms. The lowest BCUT2D eigenvalue weighted by atomic mass is 10.1. The van der Waals surface area contributed by atoms with E-state index in [1.165, 1.54) is 18.5 Å². The number of anilines is 2. The number of imidazole rings is 1. The number of rotatable bonds is 6. The Kier molecular flexibility index (Phi) is 5.56. The topological polar surface area (TPSA) is 163 Å². The number of aromatic nitrogens is 4. The average molecular weight is 455 g/mol. The Hall–Kier alpha value is -3.35.